The topological polar surface area (TPSA) is 18.5 Å². The second-order valence-electron chi connectivity index (χ2n) is 0.903. The van der Waals surface area contributed by atoms with E-state index in [1.165, 1.54) is 0 Å². The van der Waals surface area contributed by atoms with Crippen LogP contribution in [0.25, 0.3) is 0 Å². The first-order valence-corrected chi connectivity index (χ1v) is 4.71. The van der Waals surface area contributed by atoms with E-state index in [-0.39, 0.29) is 0 Å². The summed E-state index contributed by atoms with van der Waals surface area (Å²) in [5, 5.41) is 0. The van der Waals surface area contributed by atoms with Gasteiger partial charge in [0, 0.05) is 7.11 Å². The Morgan fingerprint density at radius 2 is 1.89 bits per heavy atom. The molecule has 0 bridgehead atoms. The molecule has 0 aliphatic carbocycles. The molecule has 2 nitrogen and oxygen atoms in total. The van der Waals surface area contributed by atoms with E-state index in [2.05, 4.69) is 9.47 Å². The van der Waals surface area contributed by atoms with Gasteiger partial charge in [0.25, 0.3) is 0 Å². The summed E-state index contributed by atoms with van der Waals surface area (Å²) in [6.07, 6.45) is 0. The average Bonchev–Trinajstić information content (AvgIpc) is 1.86. The predicted octanol–water partition coefficient (Wildman–Crippen LogP) is 1.82. The number of halogens is 2. The van der Waals surface area contributed by atoms with E-state index in [9.17, 15) is 0 Å². The standard InChI is InChI=1S/C4H9O2.2ClH.Ni/c1-5-3-4-6-2;;;/h3H,4H2,1-2H3;2*1H;/q-1;;;+3/p-2. The molecule has 0 rings (SSSR count). The molecular formula is C4H9Cl2NiO2. The van der Waals surface area contributed by atoms with Gasteiger partial charge in [0.2, 0.25) is 0 Å². The van der Waals surface area contributed by atoms with Gasteiger partial charge in [-0.25, -0.2) is 0 Å². The van der Waals surface area contributed by atoms with Gasteiger partial charge in [-0.2, -0.15) is 6.61 Å². The van der Waals surface area contributed by atoms with Gasteiger partial charge in [-0.1, -0.05) is 6.61 Å². The van der Waals surface area contributed by atoms with Gasteiger partial charge in [0.15, 0.2) is 0 Å². The molecule has 0 aromatic carbocycles. The third kappa shape index (κ3) is 27.6. The average molecular weight is 219 g/mol. The van der Waals surface area contributed by atoms with Crippen molar-refractivity contribution in [2.24, 2.45) is 0 Å². The molecule has 0 amide bonds. The summed E-state index contributed by atoms with van der Waals surface area (Å²) < 4.78 is 9.13. The Morgan fingerprint density at radius 3 is 2.00 bits per heavy atom. The zero-order valence-corrected chi connectivity index (χ0v) is 7.67. The van der Waals surface area contributed by atoms with Crippen LogP contribution in [0, 0.1) is 6.61 Å². The quantitative estimate of drug-likeness (QED) is 0.409. The molecule has 0 saturated heterocycles. The number of ether oxygens (including phenoxy) is 2. The Kier molecular flexibility index (Phi) is 22.5. The molecule has 9 heavy (non-hydrogen) atoms. The zero-order valence-electron chi connectivity index (χ0n) is 5.17. The first kappa shape index (κ1) is 12.7. The fourth-order valence-electron chi connectivity index (χ4n) is 0.136. The third-order valence-electron chi connectivity index (χ3n) is 0.401. The Balaban J connectivity index is 0. The van der Waals surface area contributed by atoms with E-state index in [0.29, 0.717) is 19.3 Å². The van der Waals surface area contributed by atoms with Crippen LogP contribution in [-0.4, -0.2) is 20.8 Å². The minimum atomic E-state index is 0.566. The van der Waals surface area contributed by atoms with Crippen molar-refractivity contribution in [1.82, 2.24) is 0 Å². The van der Waals surface area contributed by atoms with Gasteiger partial charge in [0.05, 0.1) is 0 Å². The summed E-state index contributed by atoms with van der Waals surface area (Å²) in [7, 11) is 12.6. The van der Waals surface area contributed by atoms with Gasteiger partial charge in [0.1, 0.15) is 0 Å². The SMILES string of the molecule is CO[CH-]COC.[Cl][Ni+][Cl]. The molecule has 61 valence electrons. The summed E-state index contributed by atoms with van der Waals surface area (Å²) in [6, 6.07) is 0. The van der Waals surface area contributed by atoms with Crippen molar-refractivity contribution < 1.29 is 22.1 Å². The van der Waals surface area contributed by atoms with Gasteiger partial charge >= 0.3 is 33.0 Å². The van der Waals surface area contributed by atoms with Crippen molar-refractivity contribution >= 4 is 20.4 Å². The van der Waals surface area contributed by atoms with E-state index in [0.717, 1.165) is 0 Å². The molecular weight excluding hydrogens is 210 g/mol. The Hall–Kier alpha value is 0.994. The van der Waals surface area contributed by atoms with Crippen LogP contribution >= 0.6 is 20.4 Å². The summed E-state index contributed by atoms with van der Waals surface area (Å²) in [5.41, 5.74) is 0. The molecule has 0 unspecified atom stereocenters. The molecule has 0 saturated carbocycles. The maximum atomic E-state index is 4.70. The number of hydrogen-bond donors (Lipinski definition) is 0. The molecule has 0 radical (unpaired) electrons. The molecule has 5 heteroatoms. The van der Waals surface area contributed by atoms with Crippen molar-refractivity contribution in [2.45, 2.75) is 0 Å². The molecule has 0 heterocycles. The first-order chi connectivity index (χ1) is 4.33. The molecule has 0 aromatic heterocycles. The van der Waals surface area contributed by atoms with Gasteiger partial charge in [-0.3, -0.25) is 0 Å². The van der Waals surface area contributed by atoms with Crippen molar-refractivity contribution in [3.05, 3.63) is 6.61 Å². The first-order valence-electron chi connectivity index (χ1n) is 1.99. The monoisotopic (exact) mass is 217 g/mol. The van der Waals surface area contributed by atoms with Crippen LogP contribution in [-0.2, 0) is 22.1 Å². The number of methoxy groups -OCH3 is 2. The molecule has 0 fully saturated rings. The van der Waals surface area contributed by atoms with Crippen LogP contribution < -0.4 is 0 Å². The maximum absolute atomic E-state index is 4.70. The molecule has 0 aliphatic heterocycles. The van der Waals surface area contributed by atoms with Crippen LogP contribution in [0.4, 0.5) is 0 Å². The summed E-state index contributed by atoms with van der Waals surface area (Å²) >= 11 is 0.569. The van der Waals surface area contributed by atoms with E-state index < -0.39 is 0 Å². The fourth-order valence-corrected chi connectivity index (χ4v) is 0.136. The van der Waals surface area contributed by atoms with E-state index in [4.69, 9.17) is 20.4 Å². The second kappa shape index (κ2) is 16.0. The van der Waals surface area contributed by atoms with Crippen LogP contribution in [0.15, 0.2) is 0 Å². The minimum absolute atomic E-state index is 0.566. The van der Waals surface area contributed by atoms with Crippen molar-refractivity contribution in [3.8, 4) is 0 Å². The van der Waals surface area contributed by atoms with Crippen molar-refractivity contribution in [1.29, 1.82) is 0 Å². The normalized spacial score (nSPS) is 8.44. The van der Waals surface area contributed by atoms with Crippen LogP contribution in [0.2, 0.25) is 0 Å². The van der Waals surface area contributed by atoms with Crippen LogP contribution in [0.1, 0.15) is 0 Å². The molecule has 0 spiro atoms. The summed E-state index contributed by atoms with van der Waals surface area (Å²) in [6.45, 7) is 2.15. The van der Waals surface area contributed by atoms with Crippen LogP contribution in [0.5, 0.6) is 0 Å². The predicted molar refractivity (Wildman–Crippen MR) is 34.9 cm³/mol. The molecule has 0 atom stereocenters. The van der Waals surface area contributed by atoms with Crippen molar-refractivity contribution in [2.75, 3.05) is 20.8 Å². The summed E-state index contributed by atoms with van der Waals surface area (Å²) in [4.78, 5) is 0. The van der Waals surface area contributed by atoms with E-state index in [1.54, 1.807) is 20.8 Å². The number of hydrogen-bond acceptors (Lipinski definition) is 2. The molecule has 0 N–H and O–H groups in total. The number of rotatable bonds is 3. The third-order valence-corrected chi connectivity index (χ3v) is 0.401. The Morgan fingerprint density at radius 1 is 1.44 bits per heavy atom. The van der Waals surface area contributed by atoms with Gasteiger partial charge < -0.3 is 9.47 Å². The fraction of sp³-hybridized carbons (Fsp3) is 0.750. The Bertz CT molecular complexity index is 35.7. The van der Waals surface area contributed by atoms with Gasteiger partial charge in [-0.05, 0) is 7.11 Å². The van der Waals surface area contributed by atoms with Crippen LogP contribution in [0.3, 0.4) is 0 Å². The Labute approximate surface area is 70.2 Å². The van der Waals surface area contributed by atoms with Gasteiger partial charge in [-0.15, -0.1) is 0 Å². The molecule has 0 aromatic rings. The van der Waals surface area contributed by atoms with E-state index >= 15 is 0 Å². The zero-order chi connectivity index (χ0) is 7.54. The summed E-state index contributed by atoms with van der Waals surface area (Å²) in [5.74, 6) is 0. The second-order valence-corrected chi connectivity index (χ2v) is 2.53. The van der Waals surface area contributed by atoms with E-state index in [1.807, 2.05) is 0 Å². The molecule has 0 aliphatic rings. The van der Waals surface area contributed by atoms with Crippen molar-refractivity contribution in [3.63, 3.8) is 0 Å².